The molecule has 0 radical (unpaired) electrons. The lowest BCUT2D eigenvalue weighted by molar-refractivity contribution is -0.140. The van der Waals surface area contributed by atoms with Gasteiger partial charge in [0.1, 0.15) is 0 Å². The summed E-state index contributed by atoms with van der Waals surface area (Å²) < 4.78 is 4.53. The van der Waals surface area contributed by atoms with Crippen molar-refractivity contribution in [2.75, 3.05) is 12.9 Å². The van der Waals surface area contributed by atoms with E-state index in [0.717, 1.165) is 10.6 Å². The molecule has 4 nitrogen and oxygen atoms in total. The van der Waals surface area contributed by atoms with Crippen molar-refractivity contribution in [2.45, 2.75) is 24.5 Å². The van der Waals surface area contributed by atoms with Gasteiger partial charge in [0.15, 0.2) is 0 Å². The van der Waals surface area contributed by atoms with Gasteiger partial charge in [-0.15, -0.1) is 11.8 Å². The second-order valence-electron chi connectivity index (χ2n) is 3.28. The standard InChI is InChI=1S/C11H15NO3S/c1-8(13)9-3-4-10(12-7-9)16-6-5-11(14)15-2/h3-4,7-8,13H,5-6H2,1-2H3/t8-/m0/s1. The lowest BCUT2D eigenvalue weighted by Gasteiger charge is -2.04. The first kappa shape index (κ1) is 13.0. The number of aliphatic hydroxyl groups excluding tert-OH is 1. The number of thioether (sulfide) groups is 1. The Bertz CT molecular complexity index is 338. The van der Waals surface area contributed by atoms with Crippen molar-refractivity contribution >= 4 is 17.7 Å². The molecule has 1 aromatic heterocycles. The summed E-state index contributed by atoms with van der Waals surface area (Å²) in [5.41, 5.74) is 0.789. The van der Waals surface area contributed by atoms with E-state index in [1.807, 2.05) is 12.1 Å². The maximum absolute atomic E-state index is 10.9. The smallest absolute Gasteiger partial charge is 0.306 e. The van der Waals surface area contributed by atoms with Crippen molar-refractivity contribution < 1.29 is 14.6 Å². The van der Waals surface area contributed by atoms with Crippen LogP contribution in [0.5, 0.6) is 0 Å². The molecule has 88 valence electrons. The van der Waals surface area contributed by atoms with Crippen molar-refractivity contribution in [2.24, 2.45) is 0 Å². The lowest BCUT2D eigenvalue weighted by atomic mass is 10.2. The minimum Gasteiger partial charge on any atom is -0.469 e. The number of esters is 1. The SMILES string of the molecule is COC(=O)CCSc1ccc([C@H](C)O)cn1. The Morgan fingerprint density at radius 1 is 1.62 bits per heavy atom. The summed E-state index contributed by atoms with van der Waals surface area (Å²) >= 11 is 1.49. The van der Waals surface area contributed by atoms with Crippen LogP contribution in [0.2, 0.25) is 0 Å². The van der Waals surface area contributed by atoms with Gasteiger partial charge in [-0.3, -0.25) is 4.79 Å². The van der Waals surface area contributed by atoms with Crippen LogP contribution in [-0.2, 0) is 9.53 Å². The van der Waals surface area contributed by atoms with Gasteiger partial charge in [-0.1, -0.05) is 6.07 Å². The number of aliphatic hydroxyl groups is 1. The Morgan fingerprint density at radius 2 is 2.38 bits per heavy atom. The molecule has 1 atom stereocenters. The molecule has 0 saturated carbocycles. The highest BCUT2D eigenvalue weighted by Crippen LogP contribution is 2.18. The average Bonchev–Trinajstić information content (AvgIpc) is 2.29. The summed E-state index contributed by atoms with van der Waals surface area (Å²) in [6.45, 7) is 1.70. The molecule has 0 unspecified atom stereocenters. The second kappa shape index (κ2) is 6.50. The molecule has 1 heterocycles. The molecule has 0 aliphatic heterocycles. The van der Waals surface area contributed by atoms with Crippen LogP contribution in [0.3, 0.4) is 0 Å². The van der Waals surface area contributed by atoms with Gasteiger partial charge in [-0.2, -0.15) is 0 Å². The van der Waals surface area contributed by atoms with E-state index in [9.17, 15) is 9.90 Å². The van der Waals surface area contributed by atoms with Crippen LogP contribution in [0, 0.1) is 0 Å². The number of hydrogen-bond acceptors (Lipinski definition) is 5. The average molecular weight is 241 g/mol. The van der Waals surface area contributed by atoms with Gasteiger partial charge in [0.2, 0.25) is 0 Å². The molecule has 1 rings (SSSR count). The van der Waals surface area contributed by atoms with Crippen molar-refractivity contribution in [3.05, 3.63) is 23.9 Å². The zero-order chi connectivity index (χ0) is 12.0. The number of hydrogen-bond donors (Lipinski definition) is 1. The largest absolute Gasteiger partial charge is 0.469 e. The van der Waals surface area contributed by atoms with E-state index in [4.69, 9.17) is 0 Å². The summed E-state index contributed by atoms with van der Waals surface area (Å²) in [4.78, 5) is 15.0. The van der Waals surface area contributed by atoms with Crippen LogP contribution in [0.15, 0.2) is 23.4 Å². The van der Waals surface area contributed by atoms with E-state index in [1.54, 1.807) is 13.1 Å². The predicted octanol–water partition coefficient (Wildman–Crippen LogP) is 1.79. The van der Waals surface area contributed by atoms with Gasteiger partial charge in [0, 0.05) is 11.9 Å². The van der Waals surface area contributed by atoms with Crippen molar-refractivity contribution in [3.63, 3.8) is 0 Å². The van der Waals surface area contributed by atoms with Crippen LogP contribution in [-0.4, -0.2) is 28.9 Å². The highest BCUT2D eigenvalue weighted by atomic mass is 32.2. The van der Waals surface area contributed by atoms with Crippen LogP contribution in [0.25, 0.3) is 0 Å². The Balaban J connectivity index is 2.40. The third-order valence-corrected chi connectivity index (χ3v) is 2.97. The van der Waals surface area contributed by atoms with Crippen LogP contribution < -0.4 is 0 Å². The molecule has 0 aliphatic rings. The molecule has 0 aromatic carbocycles. The predicted molar refractivity (Wildman–Crippen MR) is 62.2 cm³/mol. The first-order valence-corrected chi connectivity index (χ1v) is 5.95. The van der Waals surface area contributed by atoms with Crippen LogP contribution in [0.4, 0.5) is 0 Å². The molecule has 16 heavy (non-hydrogen) atoms. The maximum atomic E-state index is 10.9. The van der Waals surface area contributed by atoms with E-state index in [2.05, 4.69) is 9.72 Å². The molecule has 1 aromatic rings. The number of methoxy groups -OCH3 is 1. The molecule has 0 fully saturated rings. The van der Waals surface area contributed by atoms with Gasteiger partial charge in [0.25, 0.3) is 0 Å². The van der Waals surface area contributed by atoms with Crippen molar-refractivity contribution in [1.82, 2.24) is 4.98 Å². The quantitative estimate of drug-likeness (QED) is 0.629. The summed E-state index contributed by atoms with van der Waals surface area (Å²) in [5, 5.41) is 10.1. The summed E-state index contributed by atoms with van der Waals surface area (Å²) in [6.07, 6.45) is 1.52. The van der Waals surface area contributed by atoms with E-state index < -0.39 is 6.10 Å². The van der Waals surface area contributed by atoms with Gasteiger partial charge < -0.3 is 9.84 Å². The van der Waals surface area contributed by atoms with Gasteiger partial charge >= 0.3 is 5.97 Å². The molecule has 5 heteroatoms. The van der Waals surface area contributed by atoms with E-state index in [1.165, 1.54) is 18.9 Å². The van der Waals surface area contributed by atoms with Gasteiger partial charge in [-0.05, 0) is 18.6 Å². The lowest BCUT2D eigenvalue weighted by Crippen LogP contribution is -2.01. The molecular weight excluding hydrogens is 226 g/mol. The third kappa shape index (κ3) is 4.20. The molecule has 0 bridgehead atoms. The maximum Gasteiger partial charge on any atom is 0.306 e. The highest BCUT2D eigenvalue weighted by molar-refractivity contribution is 7.99. The number of carbonyl (C=O) groups excluding carboxylic acids is 1. The summed E-state index contributed by atoms with van der Waals surface area (Å²) in [7, 11) is 1.38. The molecular formula is C11H15NO3S. The molecule has 1 N–H and O–H groups in total. The number of aromatic nitrogens is 1. The van der Waals surface area contributed by atoms with Gasteiger partial charge in [-0.25, -0.2) is 4.98 Å². The number of nitrogens with zero attached hydrogens (tertiary/aromatic N) is 1. The number of rotatable bonds is 5. The minimum atomic E-state index is -0.499. The third-order valence-electron chi connectivity index (χ3n) is 2.03. The zero-order valence-electron chi connectivity index (χ0n) is 9.34. The fourth-order valence-corrected chi connectivity index (χ4v) is 1.83. The molecule has 0 spiro atoms. The number of carbonyl (C=O) groups is 1. The Kier molecular flexibility index (Phi) is 5.28. The second-order valence-corrected chi connectivity index (χ2v) is 4.40. The zero-order valence-corrected chi connectivity index (χ0v) is 10.2. The van der Waals surface area contributed by atoms with Crippen LogP contribution >= 0.6 is 11.8 Å². The molecule has 0 amide bonds. The van der Waals surface area contributed by atoms with E-state index >= 15 is 0 Å². The van der Waals surface area contributed by atoms with Crippen molar-refractivity contribution in [1.29, 1.82) is 0 Å². The Morgan fingerprint density at radius 3 is 2.88 bits per heavy atom. The Labute approximate surface area is 99.0 Å². The topological polar surface area (TPSA) is 59.4 Å². The fourth-order valence-electron chi connectivity index (χ4n) is 1.07. The van der Waals surface area contributed by atoms with Crippen LogP contribution in [0.1, 0.15) is 25.0 Å². The fraction of sp³-hybridized carbons (Fsp3) is 0.455. The monoisotopic (exact) mass is 241 g/mol. The highest BCUT2D eigenvalue weighted by Gasteiger charge is 2.03. The normalized spacial score (nSPS) is 12.2. The summed E-state index contributed by atoms with van der Waals surface area (Å²) in [5.74, 6) is 0.432. The van der Waals surface area contributed by atoms with E-state index in [-0.39, 0.29) is 5.97 Å². The molecule has 0 aliphatic carbocycles. The number of ether oxygens (including phenoxy) is 1. The molecule has 0 saturated heterocycles. The van der Waals surface area contributed by atoms with E-state index in [0.29, 0.717) is 12.2 Å². The Hall–Kier alpha value is -1.07. The first-order chi connectivity index (χ1) is 7.63. The summed E-state index contributed by atoms with van der Waals surface area (Å²) in [6, 6.07) is 3.67. The van der Waals surface area contributed by atoms with Crippen molar-refractivity contribution in [3.8, 4) is 0 Å². The number of pyridine rings is 1. The minimum absolute atomic E-state index is 0.215. The van der Waals surface area contributed by atoms with Gasteiger partial charge in [0.05, 0.1) is 24.7 Å². The first-order valence-electron chi connectivity index (χ1n) is 4.97.